The van der Waals surface area contributed by atoms with Gasteiger partial charge in [0, 0.05) is 11.7 Å². The maximum absolute atomic E-state index is 12.9. The van der Waals surface area contributed by atoms with Crippen LogP contribution in [0.5, 0.6) is 0 Å². The number of nitrogens with two attached hydrogens (primary N) is 1. The smallest absolute Gasteiger partial charge is 0.399 e. The minimum absolute atomic E-state index is 0.000855. The van der Waals surface area contributed by atoms with E-state index in [0.29, 0.717) is 0 Å². The van der Waals surface area contributed by atoms with E-state index in [1.54, 1.807) is 0 Å². The Kier molecular flexibility index (Phi) is 4.06. The van der Waals surface area contributed by atoms with Crippen LogP contribution in [0.15, 0.2) is 18.2 Å². The van der Waals surface area contributed by atoms with Gasteiger partial charge in [-0.15, -0.1) is 0 Å². The summed E-state index contributed by atoms with van der Waals surface area (Å²) in [6.45, 7) is 0. The first-order valence-corrected chi connectivity index (χ1v) is 6.40. The molecule has 0 aliphatic heterocycles. The minimum Gasteiger partial charge on any atom is -0.399 e. The highest BCUT2D eigenvalue weighted by atomic mass is 19.4. The van der Waals surface area contributed by atoms with Crippen molar-refractivity contribution in [2.45, 2.75) is 37.9 Å². The van der Waals surface area contributed by atoms with Gasteiger partial charge in [-0.3, -0.25) is 0 Å². The normalized spacial score (nSPS) is 16.1. The largest absolute Gasteiger partial charge is 0.418 e. The van der Waals surface area contributed by atoms with Crippen LogP contribution in [0.4, 0.5) is 29.3 Å². The van der Waals surface area contributed by atoms with E-state index in [4.69, 9.17) is 5.73 Å². The molecular formula is C13H16F3N3O. The van der Waals surface area contributed by atoms with Gasteiger partial charge in [0.15, 0.2) is 0 Å². The molecule has 2 amide bonds. The van der Waals surface area contributed by atoms with Crippen LogP contribution in [-0.2, 0) is 6.18 Å². The van der Waals surface area contributed by atoms with Crippen LogP contribution >= 0.6 is 0 Å². The first-order chi connectivity index (χ1) is 9.36. The Hall–Kier alpha value is -1.92. The van der Waals surface area contributed by atoms with Crippen LogP contribution < -0.4 is 16.4 Å². The van der Waals surface area contributed by atoms with E-state index in [1.165, 1.54) is 6.07 Å². The molecule has 1 saturated carbocycles. The Bertz CT molecular complexity index is 496. The molecule has 20 heavy (non-hydrogen) atoms. The number of rotatable bonds is 2. The van der Waals surface area contributed by atoms with Crippen molar-refractivity contribution in [3.63, 3.8) is 0 Å². The molecule has 7 heteroatoms. The number of anilines is 2. The van der Waals surface area contributed by atoms with E-state index in [2.05, 4.69) is 10.6 Å². The van der Waals surface area contributed by atoms with Crippen molar-refractivity contribution in [3.05, 3.63) is 23.8 Å². The molecule has 110 valence electrons. The summed E-state index contributed by atoms with van der Waals surface area (Å²) >= 11 is 0. The molecular weight excluding hydrogens is 271 g/mol. The first-order valence-electron chi connectivity index (χ1n) is 6.40. The maximum Gasteiger partial charge on any atom is 0.418 e. The molecule has 1 aliphatic rings. The number of carbonyl (C=O) groups is 1. The van der Waals surface area contributed by atoms with Gasteiger partial charge in [-0.25, -0.2) is 4.79 Å². The summed E-state index contributed by atoms with van der Waals surface area (Å²) < 4.78 is 38.6. The van der Waals surface area contributed by atoms with Crippen molar-refractivity contribution in [2.75, 3.05) is 11.1 Å². The fourth-order valence-electron chi connectivity index (χ4n) is 2.32. The average molecular weight is 287 g/mol. The van der Waals surface area contributed by atoms with Gasteiger partial charge in [-0.2, -0.15) is 13.2 Å². The Morgan fingerprint density at radius 2 is 1.90 bits per heavy atom. The van der Waals surface area contributed by atoms with E-state index in [1.807, 2.05) is 0 Å². The van der Waals surface area contributed by atoms with Crippen LogP contribution in [0.3, 0.4) is 0 Å². The zero-order valence-corrected chi connectivity index (χ0v) is 10.8. The van der Waals surface area contributed by atoms with Gasteiger partial charge in [-0.1, -0.05) is 12.8 Å². The van der Waals surface area contributed by atoms with Gasteiger partial charge in [0.05, 0.1) is 11.3 Å². The van der Waals surface area contributed by atoms with Gasteiger partial charge in [0.2, 0.25) is 0 Å². The number of amides is 2. The molecule has 0 radical (unpaired) electrons. The molecule has 1 aromatic carbocycles. The van der Waals surface area contributed by atoms with E-state index in [-0.39, 0.29) is 17.4 Å². The van der Waals surface area contributed by atoms with Gasteiger partial charge in [0.25, 0.3) is 0 Å². The van der Waals surface area contributed by atoms with Crippen LogP contribution in [0, 0.1) is 0 Å². The quantitative estimate of drug-likeness (QED) is 0.730. The van der Waals surface area contributed by atoms with E-state index >= 15 is 0 Å². The van der Waals surface area contributed by atoms with Crippen molar-refractivity contribution >= 4 is 17.4 Å². The molecule has 2 rings (SSSR count). The predicted molar refractivity (Wildman–Crippen MR) is 70.3 cm³/mol. The summed E-state index contributed by atoms with van der Waals surface area (Å²) in [7, 11) is 0. The third kappa shape index (κ3) is 3.55. The Balaban J connectivity index is 2.10. The van der Waals surface area contributed by atoms with Crippen LogP contribution in [0.1, 0.15) is 31.2 Å². The first kappa shape index (κ1) is 14.5. The molecule has 1 fully saturated rings. The Morgan fingerprint density at radius 1 is 1.25 bits per heavy atom. The summed E-state index contributed by atoms with van der Waals surface area (Å²) in [6.07, 6.45) is -0.783. The number of carbonyl (C=O) groups excluding carboxylic acids is 1. The molecule has 4 N–H and O–H groups in total. The third-order valence-corrected chi connectivity index (χ3v) is 3.29. The van der Waals surface area contributed by atoms with Crippen LogP contribution in [0.25, 0.3) is 0 Å². The van der Waals surface area contributed by atoms with Gasteiger partial charge in [-0.05, 0) is 31.0 Å². The lowest BCUT2D eigenvalue weighted by Crippen LogP contribution is -2.36. The monoisotopic (exact) mass is 287 g/mol. The van der Waals surface area contributed by atoms with Crippen molar-refractivity contribution in [3.8, 4) is 0 Å². The number of urea groups is 1. The number of nitrogen functional groups attached to an aromatic ring is 1. The lowest BCUT2D eigenvalue weighted by Gasteiger charge is -2.17. The fraction of sp³-hybridized carbons (Fsp3) is 0.462. The third-order valence-electron chi connectivity index (χ3n) is 3.29. The van der Waals surface area contributed by atoms with E-state index in [9.17, 15) is 18.0 Å². The summed E-state index contributed by atoms with van der Waals surface area (Å²) in [5.41, 5.74) is 4.12. The highest BCUT2D eigenvalue weighted by molar-refractivity contribution is 5.90. The second-order valence-corrected chi connectivity index (χ2v) is 4.88. The van der Waals surface area contributed by atoms with Crippen molar-refractivity contribution in [1.82, 2.24) is 5.32 Å². The number of alkyl halides is 3. The van der Waals surface area contributed by atoms with Crippen LogP contribution in [-0.4, -0.2) is 12.1 Å². The summed E-state index contributed by atoms with van der Waals surface area (Å²) in [5.74, 6) is 0. The summed E-state index contributed by atoms with van der Waals surface area (Å²) in [4.78, 5) is 11.7. The van der Waals surface area contributed by atoms with Gasteiger partial charge < -0.3 is 16.4 Å². The number of hydrogen-bond acceptors (Lipinski definition) is 2. The molecule has 0 aromatic heterocycles. The standard InChI is InChI=1S/C13H16F3N3O/c14-13(15,16)10-7-8(17)5-6-11(10)19-12(20)18-9-3-1-2-4-9/h5-7,9H,1-4,17H2,(H2,18,19,20). The fourth-order valence-corrected chi connectivity index (χ4v) is 2.32. The molecule has 0 bridgehead atoms. The van der Waals surface area contributed by atoms with E-state index < -0.39 is 17.8 Å². The van der Waals surface area contributed by atoms with Crippen molar-refractivity contribution in [1.29, 1.82) is 0 Å². The summed E-state index contributed by atoms with van der Waals surface area (Å²) in [6, 6.07) is 2.71. The minimum atomic E-state index is -4.56. The number of benzene rings is 1. The lowest BCUT2D eigenvalue weighted by atomic mass is 10.1. The number of halogens is 3. The maximum atomic E-state index is 12.9. The van der Waals surface area contributed by atoms with E-state index in [0.717, 1.165) is 37.8 Å². The predicted octanol–water partition coefficient (Wildman–Crippen LogP) is 3.35. The average Bonchev–Trinajstić information content (AvgIpc) is 2.82. The molecule has 0 atom stereocenters. The lowest BCUT2D eigenvalue weighted by molar-refractivity contribution is -0.136. The highest BCUT2D eigenvalue weighted by Gasteiger charge is 2.34. The zero-order valence-electron chi connectivity index (χ0n) is 10.8. The Morgan fingerprint density at radius 3 is 2.50 bits per heavy atom. The van der Waals surface area contributed by atoms with Crippen molar-refractivity contribution < 1.29 is 18.0 Å². The molecule has 0 heterocycles. The second kappa shape index (κ2) is 5.60. The second-order valence-electron chi connectivity index (χ2n) is 4.88. The molecule has 1 aromatic rings. The van der Waals surface area contributed by atoms with Crippen molar-refractivity contribution in [2.24, 2.45) is 0 Å². The summed E-state index contributed by atoms with van der Waals surface area (Å²) in [5, 5.41) is 4.92. The van der Waals surface area contributed by atoms with Crippen LogP contribution in [0.2, 0.25) is 0 Å². The highest BCUT2D eigenvalue weighted by Crippen LogP contribution is 2.36. The number of nitrogens with one attached hydrogen (secondary N) is 2. The Labute approximate surface area is 114 Å². The molecule has 4 nitrogen and oxygen atoms in total. The SMILES string of the molecule is Nc1ccc(NC(=O)NC2CCCC2)c(C(F)(F)F)c1. The van der Waals surface area contributed by atoms with Gasteiger partial charge >= 0.3 is 12.2 Å². The zero-order chi connectivity index (χ0) is 14.8. The van der Waals surface area contributed by atoms with Gasteiger partial charge in [0.1, 0.15) is 0 Å². The number of hydrogen-bond donors (Lipinski definition) is 3. The molecule has 0 saturated heterocycles. The molecule has 0 spiro atoms. The molecule has 0 unspecified atom stereocenters. The topological polar surface area (TPSA) is 67.1 Å². The molecule has 1 aliphatic carbocycles.